The Kier molecular flexibility index (Phi) is 6.20. The number of carbonyl (C=O) groups is 1. The van der Waals surface area contributed by atoms with E-state index in [9.17, 15) is 4.79 Å². The number of hydrogen-bond acceptors (Lipinski definition) is 3. The van der Waals surface area contributed by atoms with E-state index < -0.39 is 0 Å². The molecule has 0 aliphatic rings. The third-order valence-electron chi connectivity index (χ3n) is 1.62. The van der Waals surface area contributed by atoms with Crippen molar-refractivity contribution in [3.8, 4) is 0 Å². The van der Waals surface area contributed by atoms with E-state index in [4.69, 9.17) is 5.73 Å². The van der Waals surface area contributed by atoms with Crippen molar-refractivity contribution in [2.24, 2.45) is 5.73 Å². The van der Waals surface area contributed by atoms with Gasteiger partial charge in [0.2, 0.25) is 5.91 Å². The van der Waals surface area contributed by atoms with Crippen LogP contribution in [0.2, 0.25) is 0 Å². The summed E-state index contributed by atoms with van der Waals surface area (Å²) in [5.41, 5.74) is 5.63. The summed E-state index contributed by atoms with van der Waals surface area (Å²) in [6.45, 7) is 8.66. The van der Waals surface area contributed by atoms with Crippen LogP contribution in [0.1, 0.15) is 34.1 Å². The average Bonchev–Trinajstić information content (AvgIpc) is 2.09. The molecular formula is C10H22N2OS. The highest BCUT2D eigenvalue weighted by Gasteiger charge is 2.17. The van der Waals surface area contributed by atoms with Crippen LogP contribution in [0.5, 0.6) is 0 Å². The summed E-state index contributed by atoms with van der Waals surface area (Å²) in [5.74, 6) is 0.911. The molecule has 0 aromatic heterocycles. The Bertz CT molecular complexity index is 177. The minimum atomic E-state index is -0.204. The Balaban J connectivity index is 3.73. The van der Waals surface area contributed by atoms with E-state index >= 15 is 0 Å². The van der Waals surface area contributed by atoms with Crippen molar-refractivity contribution in [1.29, 1.82) is 0 Å². The van der Waals surface area contributed by atoms with Crippen molar-refractivity contribution in [3.05, 3.63) is 0 Å². The first kappa shape index (κ1) is 13.8. The number of nitrogens with two attached hydrogens (primary N) is 1. The van der Waals surface area contributed by atoms with Crippen molar-refractivity contribution in [1.82, 2.24) is 5.32 Å². The van der Waals surface area contributed by atoms with Crippen molar-refractivity contribution in [3.63, 3.8) is 0 Å². The summed E-state index contributed by atoms with van der Waals surface area (Å²) in [6, 6.07) is 0. The highest BCUT2D eigenvalue weighted by molar-refractivity contribution is 8.00. The third kappa shape index (κ3) is 7.21. The molecule has 0 rings (SSSR count). The number of amides is 1. The highest BCUT2D eigenvalue weighted by atomic mass is 32.2. The SMILES string of the molecule is CCCNC(=O)C(C)SCC(C)(C)N. The number of thioether (sulfide) groups is 1. The molecule has 0 radical (unpaired) electrons. The molecule has 1 unspecified atom stereocenters. The zero-order valence-corrected chi connectivity index (χ0v) is 10.4. The Hall–Kier alpha value is -0.220. The van der Waals surface area contributed by atoms with Gasteiger partial charge in [0.05, 0.1) is 5.25 Å². The van der Waals surface area contributed by atoms with E-state index in [1.165, 1.54) is 0 Å². The lowest BCUT2D eigenvalue weighted by atomic mass is 10.1. The van der Waals surface area contributed by atoms with Crippen LogP contribution >= 0.6 is 11.8 Å². The monoisotopic (exact) mass is 218 g/mol. The third-order valence-corrected chi connectivity index (χ3v) is 3.25. The van der Waals surface area contributed by atoms with Crippen LogP contribution in [0.25, 0.3) is 0 Å². The van der Waals surface area contributed by atoms with E-state index in [2.05, 4.69) is 5.32 Å². The molecule has 3 nitrogen and oxygen atoms in total. The fraction of sp³-hybridized carbons (Fsp3) is 0.900. The molecule has 0 saturated carbocycles. The molecule has 4 heteroatoms. The van der Waals surface area contributed by atoms with Gasteiger partial charge in [0.15, 0.2) is 0 Å². The van der Waals surface area contributed by atoms with E-state index in [0.29, 0.717) is 0 Å². The quantitative estimate of drug-likeness (QED) is 0.708. The van der Waals surface area contributed by atoms with Gasteiger partial charge in [-0.2, -0.15) is 0 Å². The van der Waals surface area contributed by atoms with Gasteiger partial charge in [-0.3, -0.25) is 4.79 Å². The second-order valence-corrected chi connectivity index (χ2v) is 5.56. The molecule has 0 aromatic rings. The molecule has 0 aromatic carbocycles. The number of carbonyl (C=O) groups excluding carboxylic acids is 1. The minimum Gasteiger partial charge on any atom is -0.355 e. The first-order valence-electron chi connectivity index (χ1n) is 5.05. The van der Waals surface area contributed by atoms with Crippen molar-refractivity contribution in [2.45, 2.75) is 44.9 Å². The normalized spacial score (nSPS) is 13.8. The number of hydrogen-bond donors (Lipinski definition) is 2. The van der Waals surface area contributed by atoms with Crippen molar-refractivity contribution >= 4 is 17.7 Å². The van der Waals surface area contributed by atoms with Gasteiger partial charge in [-0.1, -0.05) is 6.92 Å². The van der Waals surface area contributed by atoms with Gasteiger partial charge >= 0.3 is 0 Å². The Morgan fingerprint density at radius 1 is 1.57 bits per heavy atom. The Morgan fingerprint density at radius 2 is 2.14 bits per heavy atom. The maximum Gasteiger partial charge on any atom is 0.232 e. The first-order valence-corrected chi connectivity index (χ1v) is 6.10. The van der Waals surface area contributed by atoms with Gasteiger partial charge in [0, 0.05) is 17.8 Å². The maximum atomic E-state index is 11.4. The van der Waals surface area contributed by atoms with Crippen LogP contribution in [-0.2, 0) is 4.79 Å². The van der Waals surface area contributed by atoms with Crippen LogP contribution in [-0.4, -0.2) is 29.0 Å². The highest BCUT2D eigenvalue weighted by Crippen LogP contribution is 2.15. The number of nitrogens with one attached hydrogen (secondary N) is 1. The van der Waals surface area contributed by atoms with Crippen molar-refractivity contribution in [2.75, 3.05) is 12.3 Å². The molecule has 0 bridgehead atoms. The molecule has 0 fully saturated rings. The van der Waals surface area contributed by atoms with Gasteiger partial charge in [-0.15, -0.1) is 11.8 Å². The first-order chi connectivity index (χ1) is 6.37. The predicted octanol–water partition coefficient (Wildman–Crippen LogP) is 1.37. The molecular weight excluding hydrogens is 196 g/mol. The summed E-state index contributed by atoms with van der Waals surface area (Å²) < 4.78 is 0. The molecule has 0 saturated heterocycles. The second kappa shape index (κ2) is 6.30. The lowest BCUT2D eigenvalue weighted by Crippen LogP contribution is -2.37. The average molecular weight is 218 g/mol. The summed E-state index contributed by atoms with van der Waals surface area (Å²) in [4.78, 5) is 11.4. The van der Waals surface area contributed by atoms with Gasteiger partial charge in [0.25, 0.3) is 0 Å². The summed E-state index contributed by atoms with van der Waals surface area (Å²) in [6.07, 6.45) is 0.978. The second-order valence-electron chi connectivity index (χ2n) is 4.23. The summed E-state index contributed by atoms with van der Waals surface area (Å²) >= 11 is 1.60. The fourth-order valence-electron chi connectivity index (χ4n) is 0.807. The molecule has 3 N–H and O–H groups in total. The van der Waals surface area contributed by atoms with Gasteiger partial charge < -0.3 is 11.1 Å². The molecule has 14 heavy (non-hydrogen) atoms. The molecule has 0 heterocycles. The lowest BCUT2D eigenvalue weighted by Gasteiger charge is -2.20. The Morgan fingerprint density at radius 3 is 2.57 bits per heavy atom. The topological polar surface area (TPSA) is 55.1 Å². The van der Waals surface area contributed by atoms with Crippen LogP contribution in [0, 0.1) is 0 Å². The molecule has 84 valence electrons. The molecule has 0 aliphatic heterocycles. The zero-order chi connectivity index (χ0) is 11.2. The van der Waals surface area contributed by atoms with Crippen LogP contribution in [0.4, 0.5) is 0 Å². The maximum absolute atomic E-state index is 11.4. The number of rotatable bonds is 6. The molecule has 1 amide bonds. The summed E-state index contributed by atoms with van der Waals surface area (Å²) in [5, 5.41) is 2.86. The van der Waals surface area contributed by atoms with E-state index in [1.807, 2.05) is 27.7 Å². The van der Waals surface area contributed by atoms with Crippen LogP contribution < -0.4 is 11.1 Å². The van der Waals surface area contributed by atoms with Gasteiger partial charge in [-0.25, -0.2) is 0 Å². The fourth-order valence-corrected chi connectivity index (χ4v) is 1.72. The molecule has 0 aliphatic carbocycles. The summed E-state index contributed by atoms with van der Waals surface area (Å²) in [7, 11) is 0. The molecule has 1 atom stereocenters. The van der Waals surface area contributed by atoms with E-state index in [1.54, 1.807) is 11.8 Å². The van der Waals surface area contributed by atoms with Crippen LogP contribution in [0.3, 0.4) is 0 Å². The van der Waals surface area contributed by atoms with Gasteiger partial charge in [0.1, 0.15) is 0 Å². The van der Waals surface area contributed by atoms with Crippen molar-refractivity contribution < 1.29 is 4.79 Å². The van der Waals surface area contributed by atoms with Crippen LogP contribution in [0.15, 0.2) is 0 Å². The Labute approximate surface area is 91.2 Å². The minimum absolute atomic E-state index is 0.00984. The lowest BCUT2D eigenvalue weighted by molar-refractivity contribution is -0.120. The zero-order valence-electron chi connectivity index (χ0n) is 9.59. The largest absolute Gasteiger partial charge is 0.355 e. The van der Waals surface area contributed by atoms with E-state index in [0.717, 1.165) is 18.7 Å². The smallest absolute Gasteiger partial charge is 0.232 e. The van der Waals surface area contributed by atoms with E-state index in [-0.39, 0.29) is 16.7 Å². The van der Waals surface area contributed by atoms with Gasteiger partial charge in [-0.05, 0) is 27.2 Å². The predicted molar refractivity (Wildman–Crippen MR) is 63.5 cm³/mol. The standard InChI is InChI=1S/C10H22N2OS/c1-5-6-12-9(13)8(2)14-7-10(3,4)11/h8H,5-7,11H2,1-4H3,(H,12,13). The molecule has 0 spiro atoms.